The van der Waals surface area contributed by atoms with E-state index in [2.05, 4.69) is 4.98 Å². The maximum Gasteiger partial charge on any atom is 0.300 e. The Morgan fingerprint density at radius 2 is 1.78 bits per heavy atom. The van der Waals surface area contributed by atoms with Crippen LogP contribution in [0.5, 0.6) is 0 Å². The van der Waals surface area contributed by atoms with E-state index < -0.39 is 17.7 Å². The summed E-state index contributed by atoms with van der Waals surface area (Å²) < 4.78 is 0. The van der Waals surface area contributed by atoms with E-state index in [1.54, 1.807) is 48.7 Å². The number of ketones is 1. The minimum Gasteiger partial charge on any atom is -0.507 e. The number of aliphatic hydroxyl groups is 1. The number of anilines is 1. The van der Waals surface area contributed by atoms with Crippen molar-refractivity contribution in [2.75, 3.05) is 4.90 Å². The fourth-order valence-electron chi connectivity index (χ4n) is 4.58. The van der Waals surface area contributed by atoms with Crippen molar-refractivity contribution in [3.63, 3.8) is 0 Å². The van der Waals surface area contributed by atoms with E-state index in [1.165, 1.54) is 16.0 Å². The third kappa shape index (κ3) is 3.49. The van der Waals surface area contributed by atoms with Crippen LogP contribution in [0.3, 0.4) is 0 Å². The number of fused-ring (bicyclic) bond motifs is 1. The van der Waals surface area contributed by atoms with Crippen molar-refractivity contribution in [1.82, 2.24) is 4.98 Å². The molecule has 1 aromatic heterocycles. The van der Waals surface area contributed by atoms with Gasteiger partial charge in [-0.3, -0.25) is 19.5 Å². The number of pyridine rings is 1. The predicted molar refractivity (Wildman–Crippen MR) is 124 cm³/mol. The third-order valence-corrected chi connectivity index (χ3v) is 6.36. The van der Waals surface area contributed by atoms with Gasteiger partial charge in [0.15, 0.2) is 0 Å². The third-order valence-electron chi connectivity index (χ3n) is 6.12. The zero-order chi connectivity index (χ0) is 22.2. The number of hydrogen-bond acceptors (Lipinski definition) is 4. The van der Waals surface area contributed by atoms with Gasteiger partial charge in [0.1, 0.15) is 11.8 Å². The number of nitrogens with zero attached hydrogens (tertiary/aromatic N) is 2. The van der Waals surface area contributed by atoms with E-state index in [4.69, 9.17) is 11.6 Å². The highest BCUT2D eigenvalue weighted by Gasteiger charge is 2.47. The first-order valence-electron chi connectivity index (χ1n) is 10.6. The summed E-state index contributed by atoms with van der Waals surface area (Å²) in [7, 11) is 0. The topological polar surface area (TPSA) is 70.5 Å². The molecule has 32 heavy (non-hydrogen) atoms. The van der Waals surface area contributed by atoms with Crippen LogP contribution < -0.4 is 4.90 Å². The summed E-state index contributed by atoms with van der Waals surface area (Å²) in [5.74, 6) is -1.64. The number of aromatic nitrogens is 1. The Labute approximate surface area is 191 Å². The SMILES string of the molecule is O=C1C(=O)N(c2cccc(Cl)c2)C(c2ccccn2)/C1=C(/O)c1ccc2c(c1)CCCC2. The quantitative estimate of drug-likeness (QED) is 0.340. The summed E-state index contributed by atoms with van der Waals surface area (Å²) >= 11 is 6.16. The molecule has 1 aliphatic carbocycles. The molecule has 6 heteroatoms. The van der Waals surface area contributed by atoms with Crippen molar-refractivity contribution in [2.24, 2.45) is 0 Å². The van der Waals surface area contributed by atoms with E-state index in [-0.39, 0.29) is 11.3 Å². The van der Waals surface area contributed by atoms with Gasteiger partial charge in [-0.15, -0.1) is 0 Å². The van der Waals surface area contributed by atoms with E-state index in [0.717, 1.165) is 25.7 Å². The zero-order valence-corrected chi connectivity index (χ0v) is 18.0. The van der Waals surface area contributed by atoms with E-state index >= 15 is 0 Å². The van der Waals surface area contributed by atoms with Crippen LogP contribution in [-0.4, -0.2) is 21.8 Å². The molecular weight excluding hydrogens is 424 g/mol. The minimum atomic E-state index is -0.856. The molecule has 0 radical (unpaired) electrons. The molecule has 1 fully saturated rings. The number of carbonyl (C=O) groups excluding carboxylic acids is 2. The second kappa shape index (κ2) is 8.24. The van der Waals surface area contributed by atoms with Gasteiger partial charge in [-0.25, -0.2) is 0 Å². The van der Waals surface area contributed by atoms with Crippen LogP contribution in [0.2, 0.25) is 5.02 Å². The maximum atomic E-state index is 13.2. The molecule has 1 N–H and O–H groups in total. The monoisotopic (exact) mass is 444 g/mol. The molecule has 160 valence electrons. The normalized spacial score (nSPS) is 19.8. The van der Waals surface area contributed by atoms with Crippen LogP contribution in [-0.2, 0) is 22.4 Å². The van der Waals surface area contributed by atoms with Crippen molar-refractivity contribution >= 4 is 34.7 Å². The van der Waals surface area contributed by atoms with Crippen molar-refractivity contribution in [2.45, 2.75) is 31.7 Å². The molecule has 1 atom stereocenters. The molecule has 1 aliphatic heterocycles. The molecule has 1 unspecified atom stereocenters. The highest BCUT2D eigenvalue weighted by atomic mass is 35.5. The summed E-state index contributed by atoms with van der Waals surface area (Å²) in [5, 5.41) is 11.7. The first-order chi connectivity index (χ1) is 15.5. The van der Waals surface area contributed by atoms with Gasteiger partial charge in [0.2, 0.25) is 0 Å². The molecule has 2 aliphatic rings. The molecule has 2 aromatic carbocycles. The standard InChI is InChI=1S/C26H21ClN2O3/c27-19-8-5-9-20(15-19)29-23(21-10-3-4-13-28-21)22(25(31)26(29)32)24(30)18-12-11-16-6-1-2-7-17(16)14-18/h3-5,8-15,23,30H,1-2,6-7H2/b24-22-. The van der Waals surface area contributed by atoms with Gasteiger partial charge in [0.05, 0.1) is 11.3 Å². The van der Waals surface area contributed by atoms with Gasteiger partial charge < -0.3 is 5.11 Å². The lowest BCUT2D eigenvalue weighted by atomic mass is 9.89. The van der Waals surface area contributed by atoms with Crippen LogP contribution in [0, 0.1) is 0 Å². The van der Waals surface area contributed by atoms with Crippen LogP contribution >= 0.6 is 11.6 Å². The average molecular weight is 445 g/mol. The summed E-state index contributed by atoms with van der Waals surface area (Å²) in [5.41, 5.74) is 3.98. The minimum absolute atomic E-state index is 0.0319. The number of benzene rings is 2. The van der Waals surface area contributed by atoms with Crippen LogP contribution in [0.15, 0.2) is 72.4 Å². The lowest BCUT2D eigenvalue weighted by Crippen LogP contribution is -2.29. The fourth-order valence-corrected chi connectivity index (χ4v) is 4.76. The van der Waals surface area contributed by atoms with Gasteiger partial charge in [-0.1, -0.05) is 35.9 Å². The van der Waals surface area contributed by atoms with Crippen LogP contribution in [0.1, 0.15) is 41.3 Å². The van der Waals surface area contributed by atoms with E-state index in [1.807, 2.05) is 18.2 Å². The predicted octanol–water partition coefficient (Wildman–Crippen LogP) is 5.24. The highest BCUT2D eigenvalue weighted by Crippen LogP contribution is 2.42. The molecule has 0 saturated carbocycles. The largest absolute Gasteiger partial charge is 0.507 e. The summed E-state index contributed by atoms with van der Waals surface area (Å²) in [6, 6.07) is 17.0. The maximum absolute atomic E-state index is 13.2. The van der Waals surface area contributed by atoms with Crippen molar-refractivity contribution < 1.29 is 14.7 Å². The summed E-state index contributed by atoms with van der Waals surface area (Å²) in [6.07, 6.45) is 5.82. The second-order valence-corrected chi connectivity index (χ2v) is 8.53. The van der Waals surface area contributed by atoms with Crippen molar-refractivity contribution in [1.29, 1.82) is 0 Å². The van der Waals surface area contributed by atoms with E-state index in [9.17, 15) is 14.7 Å². The number of aliphatic hydroxyl groups excluding tert-OH is 1. The van der Waals surface area contributed by atoms with Gasteiger partial charge in [-0.2, -0.15) is 0 Å². The Morgan fingerprint density at radius 1 is 0.969 bits per heavy atom. The van der Waals surface area contributed by atoms with Crippen LogP contribution in [0.4, 0.5) is 5.69 Å². The van der Waals surface area contributed by atoms with Crippen molar-refractivity contribution in [3.05, 3.63) is 99.8 Å². The molecule has 3 aromatic rings. The number of rotatable bonds is 3. The molecule has 0 bridgehead atoms. The first-order valence-corrected chi connectivity index (χ1v) is 11.0. The van der Waals surface area contributed by atoms with Crippen molar-refractivity contribution in [3.8, 4) is 0 Å². The van der Waals surface area contributed by atoms with Crippen LogP contribution in [0.25, 0.3) is 5.76 Å². The van der Waals surface area contributed by atoms with Gasteiger partial charge >= 0.3 is 0 Å². The highest BCUT2D eigenvalue weighted by molar-refractivity contribution is 6.51. The molecular formula is C26H21ClN2O3. The molecule has 5 nitrogen and oxygen atoms in total. The second-order valence-electron chi connectivity index (χ2n) is 8.09. The Hall–Kier alpha value is -3.44. The lowest BCUT2D eigenvalue weighted by molar-refractivity contribution is -0.132. The smallest absolute Gasteiger partial charge is 0.300 e. The molecule has 0 spiro atoms. The summed E-state index contributed by atoms with van der Waals surface area (Å²) in [4.78, 5) is 32.1. The van der Waals surface area contributed by atoms with Gasteiger partial charge in [-0.05, 0) is 73.2 Å². The van der Waals surface area contributed by atoms with E-state index in [0.29, 0.717) is 22.0 Å². The number of Topliss-reactive ketones (excluding diaryl/α,β-unsaturated/α-hetero) is 1. The Morgan fingerprint density at radius 3 is 2.53 bits per heavy atom. The number of aryl methyl sites for hydroxylation is 2. The number of amides is 1. The fraction of sp³-hybridized carbons (Fsp3) is 0.192. The zero-order valence-electron chi connectivity index (χ0n) is 17.3. The van der Waals surface area contributed by atoms with Gasteiger partial charge in [0, 0.05) is 22.5 Å². The molecule has 1 amide bonds. The molecule has 1 saturated heterocycles. The Bertz CT molecular complexity index is 1250. The Balaban J connectivity index is 1.69. The lowest BCUT2D eigenvalue weighted by Gasteiger charge is -2.25. The average Bonchev–Trinajstić information content (AvgIpc) is 3.09. The molecule has 2 heterocycles. The first kappa shape index (κ1) is 20.5. The Kier molecular flexibility index (Phi) is 5.27. The summed E-state index contributed by atoms with van der Waals surface area (Å²) in [6.45, 7) is 0. The number of hydrogen-bond donors (Lipinski definition) is 1. The number of carbonyl (C=O) groups is 2. The molecule has 5 rings (SSSR count). The van der Waals surface area contributed by atoms with Gasteiger partial charge in [0.25, 0.3) is 11.7 Å². The number of halogens is 1.